The highest BCUT2D eigenvalue weighted by Crippen LogP contribution is 2.34. The highest BCUT2D eigenvalue weighted by Gasteiger charge is 2.24. The van der Waals surface area contributed by atoms with Crippen LogP contribution in [0.2, 0.25) is 10.0 Å². The molecule has 1 aliphatic rings. The van der Waals surface area contributed by atoms with Crippen molar-refractivity contribution in [1.82, 2.24) is 5.32 Å². The van der Waals surface area contributed by atoms with Gasteiger partial charge in [-0.25, -0.2) is 0 Å². The lowest BCUT2D eigenvalue weighted by atomic mass is 10.1. The van der Waals surface area contributed by atoms with Gasteiger partial charge in [-0.2, -0.15) is 0 Å². The van der Waals surface area contributed by atoms with E-state index in [0.29, 0.717) is 6.04 Å². The van der Waals surface area contributed by atoms with Crippen molar-refractivity contribution in [2.45, 2.75) is 45.2 Å². The summed E-state index contributed by atoms with van der Waals surface area (Å²) in [7, 11) is 0. The van der Waals surface area contributed by atoms with Crippen molar-refractivity contribution in [3.63, 3.8) is 0 Å². The second-order valence-electron chi connectivity index (χ2n) is 5.13. The highest BCUT2D eigenvalue weighted by atomic mass is 35.5. The zero-order chi connectivity index (χ0) is 12.4. The average molecular weight is 272 g/mol. The summed E-state index contributed by atoms with van der Waals surface area (Å²) in [6.45, 7) is 4.38. The minimum atomic E-state index is 0.245. The maximum atomic E-state index is 6.19. The Labute approximate surface area is 114 Å². The molecule has 1 fully saturated rings. The van der Waals surface area contributed by atoms with E-state index in [9.17, 15) is 0 Å². The molecule has 94 valence electrons. The summed E-state index contributed by atoms with van der Waals surface area (Å²) in [4.78, 5) is 0. The Balaban J connectivity index is 1.97. The molecular weight excluding hydrogens is 253 g/mol. The number of hydrogen-bond acceptors (Lipinski definition) is 1. The molecule has 1 N–H and O–H groups in total. The molecule has 2 atom stereocenters. The van der Waals surface area contributed by atoms with Gasteiger partial charge in [0, 0.05) is 22.1 Å². The Morgan fingerprint density at radius 1 is 1.29 bits per heavy atom. The quantitative estimate of drug-likeness (QED) is 0.809. The topological polar surface area (TPSA) is 12.0 Å². The smallest absolute Gasteiger partial charge is 0.0454 e. The average Bonchev–Trinajstić information content (AvgIpc) is 3.05. The second kappa shape index (κ2) is 5.60. The third kappa shape index (κ3) is 3.87. The first kappa shape index (κ1) is 13.2. The maximum Gasteiger partial charge on any atom is 0.0454 e. The van der Waals surface area contributed by atoms with E-state index in [0.717, 1.165) is 21.5 Å². The lowest BCUT2D eigenvalue weighted by molar-refractivity contribution is 0.438. The first-order chi connectivity index (χ1) is 8.06. The van der Waals surface area contributed by atoms with Gasteiger partial charge in [0.2, 0.25) is 0 Å². The van der Waals surface area contributed by atoms with Crippen LogP contribution >= 0.6 is 23.2 Å². The van der Waals surface area contributed by atoms with Crippen LogP contribution in [-0.4, -0.2) is 6.04 Å². The Bertz CT molecular complexity index is 388. The van der Waals surface area contributed by atoms with E-state index < -0.39 is 0 Å². The van der Waals surface area contributed by atoms with Gasteiger partial charge in [0.25, 0.3) is 0 Å². The minimum Gasteiger partial charge on any atom is -0.308 e. The van der Waals surface area contributed by atoms with E-state index in [1.165, 1.54) is 19.3 Å². The first-order valence-electron chi connectivity index (χ1n) is 6.27. The summed E-state index contributed by atoms with van der Waals surface area (Å²) >= 11 is 12.2. The van der Waals surface area contributed by atoms with Crippen LogP contribution in [0.3, 0.4) is 0 Å². The molecule has 1 nitrogen and oxygen atoms in total. The monoisotopic (exact) mass is 271 g/mol. The molecule has 0 amide bonds. The molecule has 0 saturated heterocycles. The van der Waals surface area contributed by atoms with Crippen LogP contribution in [0.1, 0.15) is 44.7 Å². The van der Waals surface area contributed by atoms with Crippen LogP contribution < -0.4 is 5.32 Å². The number of rotatable bonds is 5. The Hall–Kier alpha value is -0.240. The van der Waals surface area contributed by atoms with Gasteiger partial charge >= 0.3 is 0 Å². The summed E-state index contributed by atoms with van der Waals surface area (Å²) in [5.41, 5.74) is 1.09. The normalized spacial score (nSPS) is 19.1. The lowest BCUT2D eigenvalue weighted by Gasteiger charge is -2.21. The fourth-order valence-electron chi connectivity index (χ4n) is 2.28. The van der Waals surface area contributed by atoms with E-state index in [-0.39, 0.29) is 6.04 Å². The second-order valence-corrected chi connectivity index (χ2v) is 5.98. The summed E-state index contributed by atoms with van der Waals surface area (Å²) in [5.74, 6) is 0.944. The Kier molecular flexibility index (Phi) is 4.35. The molecule has 1 aromatic rings. The van der Waals surface area contributed by atoms with Crippen molar-refractivity contribution in [3.05, 3.63) is 33.8 Å². The third-order valence-electron chi connectivity index (χ3n) is 3.34. The van der Waals surface area contributed by atoms with Crippen LogP contribution in [0.5, 0.6) is 0 Å². The summed E-state index contributed by atoms with van der Waals surface area (Å²) in [5, 5.41) is 5.12. The van der Waals surface area contributed by atoms with Gasteiger partial charge in [-0.1, -0.05) is 36.0 Å². The molecule has 17 heavy (non-hydrogen) atoms. The van der Waals surface area contributed by atoms with Crippen molar-refractivity contribution < 1.29 is 0 Å². The molecule has 0 spiro atoms. The van der Waals surface area contributed by atoms with Crippen molar-refractivity contribution in [1.29, 1.82) is 0 Å². The van der Waals surface area contributed by atoms with E-state index in [1.807, 2.05) is 18.2 Å². The number of nitrogens with one attached hydrogen (secondary N) is 1. The molecule has 1 aromatic carbocycles. The largest absolute Gasteiger partial charge is 0.308 e. The molecule has 2 rings (SSSR count). The zero-order valence-corrected chi connectivity index (χ0v) is 11.9. The van der Waals surface area contributed by atoms with Crippen molar-refractivity contribution in [2.24, 2.45) is 5.92 Å². The summed E-state index contributed by atoms with van der Waals surface area (Å²) in [6.07, 6.45) is 4.07. The molecule has 0 radical (unpaired) electrons. The van der Waals surface area contributed by atoms with E-state index in [1.54, 1.807) is 0 Å². The molecular formula is C14H19Cl2N. The van der Waals surface area contributed by atoms with Crippen LogP contribution in [0, 0.1) is 5.92 Å². The molecule has 0 heterocycles. The molecule has 3 heteroatoms. The van der Waals surface area contributed by atoms with E-state index in [2.05, 4.69) is 19.2 Å². The van der Waals surface area contributed by atoms with Crippen LogP contribution in [-0.2, 0) is 0 Å². The first-order valence-corrected chi connectivity index (χ1v) is 7.03. The molecule has 1 aliphatic carbocycles. The van der Waals surface area contributed by atoms with Gasteiger partial charge in [-0.3, -0.25) is 0 Å². The van der Waals surface area contributed by atoms with Gasteiger partial charge < -0.3 is 5.32 Å². The van der Waals surface area contributed by atoms with Gasteiger partial charge in [0.1, 0.15) is 0 Å². The SMILES string of the molecule is CC(CC1CC1)NC(C)c1cc(Cl)ccc1Cl. The minimum absolute atomic E-state index is 0.245. The lowest BCUT2D eigenvalue weighted by Crippen LogP contribution is -2.29. The summed E-state index contributed by atoms with van der Waals surface area (Å²) < 4.78 is 0. The molecule has 0 bridgehead atoms. The van der Waals surface area contributed by atoms with E-state index >= 15 is 0 Å². The molecule has 1 saturated carbocycles. The fraction of sp³-hybridized carbons (Fsp3) is 0.571. The molecule has 0 aromatic heterocycles. The van der Waals surface area contributed by atoms with E-state index in [4.69, 9.17) is 23.2 Å². The zero-order valence-electron chi connectivity index (χ0n) is 10.3. The molecule has 2 unspecified atom stereocenters. The van der Waals surface area contributed by atoms with Crippen LogP contribution in [0.15, 0.2) is 18.2 Å². The van der Waals surface area contributed by atoms with Crippen LogP contribution in [0.25, 0.3) is 0 Å². The summed E-state index contributed by atoms with van der Waals surface area (Å²) in [6, 6.07) is 6.42. The maximum absolute atomic E-state index is 6.19. The van der Waals surface area contributed by atoms with Gasteiger partial charge in [-0.05, 0) is 49.9 Å². The standard InChI is InChI=1S/C14H19Cl2N/c1-9(7-11-3-4-11)17-10(2)13-8-12(15)5-6-14(13)16/h5-6,8-11,17H,3-4,7H2,1-2H3. The number of benzene rings is 1. The van der Waals surface area contributed by atoms with Crippen molar-refractivity contribution in [2.75, 3.05) is 0 Å². The molecule has 0 aliphatic heterocycles. The van der Waals surface area contributed by atoms with Crippen molar-refractivity contribution in [3.8, 4) is 0 Å². The number of hydrogen-bond donors (Lipinski definition) is 1. The van der Waals surface area contributed by atoms with Gasteiger partial charge in [0.05, 0.1) is 0 Å². The number of halogens is 2. The third-order valence-corrected chi connectivity index (χ3v) is 3.92. The van der Waals surface area contributed by atoms with Gasteiger partial charge in [-0.15, -0.1) is 0 Å². The Morgan fingerprint density at radius 3 is 2.65 bits per heavy atom. The predicted molar refractivity (Wildman–Crippen MR) is 74.8 cm³/mol. The highest BCUT2D eigenvalue weighted by molar-refractivity contribution is 6.33. The Morgan fingerprint density at radius 2 is 2.00 bits per heavy atom. The van der Waals surface area contributed by atoms with Gasteiger partial charge in [0.15, 0.2) is 0 Å². The predicted octanol–water partition coefficient (Wildman–Crippen LogP) is 4.83. The van der Waals surface area contributed by atoms with Crippen LogP contribution in [0.4, 0.5) is 0 Å². The fourth-order valence-corrected chi connectivity index (χ4v) is 2.75. The van der Waals surface area contributed by atoms with Crippen molar-refractivity contribution >= 4 is 23.2 Å².